The van der Waals surface area contributed by atoms with Gasteiger partial charge in [0.05, 0.1) is 12.4 Å². The molecular formula is C9H10F2O2. The van der Waals surface area contributed by atoms with Crippen LogP contribution in [0.1, 0.15) is 23.8 Å². The molecule has 1 aliphatic rings. The van der Waals surface area contributed by atoms with Gasteiger partial charge in [-0.2, -0.15) is 0 Å². The molecule has 4 heteroatoms. The lowest BCUT2D eigenvalue weighted by Crippen LogP contribution is -2.22. The fourth-order valence-electron chi connectivity index (χ4n) is 1.74. The number of fused-ring (bicyclic) bond motifs is 1. The molecule has 0 aromatic carbocycles. The van der Waals surface area contributed by atoms with Gasteiger partial charge in [0.2, 0.25) is 6.43 Å². The lowest BCUT2D eigenvalue weighted by molar-refractivity contribution is 0.0263. The molecule has 0 fully saturated rings. The fraction of sp³-hybridized carbons (Fsp3) is 0.556. The summed E-state index contributed by atoms with van der Waals surface area (Å²) in [6.07, 6.45) is -1.38. The monoisotopic (exact) mass is 188 g/mol. The third-order valence-electron chi connectivity index (χ3n) is 2.47. The average molecular weight is 188 g/mol. The van der Waals surface area contributed by atoms with E-state index in [9.17, 15) is 13.9 Å². The van der Waals surface area contributed by atoms with Crippen molar-refractivity contribution in [3.8, 4) is 0 Å². The van der Waals surface area contributed by atoms with Gasteiger partial charge < -0.3 is 9.52 Å². The minimum Gasteiger partial charge on any atom is -0.469 e. The predicted molar refractivity (Wildman–Crippen MR) is 41.5 cm³/mol. The number of aliphatic hydroxyl groups is 1. The first kappa shape index (κ1) is 8.69. The number of alkyl halides is 2. The van der Waals surface area contributed by atoms with Crippen molar-refractivity contribution in [3.63, 3.8) is 0 Å². The number of halogens is 2. The Bertz CT molecular complexity index is 296. The van der Waals surface area contributed by atoms with E-state index < -0.39 is 18.4 Å². The Morgan fingerprint density at radius 3 is 3.00 bits per heavy atom. The minimum atomic E-state index is -2.38. The highest BCUT2D eigenvalue weighted by Crippen LogP contribution is 2.36. The fourth-order valence-corrected chi connectivity index (χ4v) is 1.74. The van der Waals surface area contributed by atoms with Crippen molar-refractivity contribution in [1.82, 2.24) is 0 Å². The molecule has 0 radical (unpaired) electrons. The van der Waals surface area contributed by atoms with Crippen LogP contribution in [0.15, 0.2) is 16.7 Å². The molecule has 1 N–H and O–H groups in total. The van der Waals surface area contributed by atoms with Crippen molar-refractivity contribution in [2.75, 3.05) is 0 Å². The smallest absolute Gasteiger partial charge is 0.241 e. The molecule has 1 heterocycles. The quantitative estimate of drug-likeness (QED) is 0.732. The number of furan rings is 1. The first-order chi connectivity index (χ1) is 6.18. The van der Waals surface area contributed by atoms with E-state index in [-0.39, 0.29) is 12.8 Å². The molecule has 0 unspecified atom stereocenters. The van der Waals surface area contributed by atoms with Crippen molar-refractivity contribution < 1.29 is 18.3 Å². The largest absolute Gasteiger partial charge is 0.469 e. The van der Waals surface area contributed by atoms with Crippen LogP contribution in [-0.2, 0) is 6.42 Å². The van der Waals surface area contributed by atoms with Crippen molar-refractivity contribution >= 4 is 0 Å². The molecule has 2 nitrogen and oxygen atoms in total. The topological polar surface area (TPSA) is 33.4 Å². The molecule has 1 aromatic heterocycles. The summed E-state index contributed by atoms with van der Waals surface area (Å²) in [5.41, 5.74) is 0.664. The van der Waals surface area contributed by atoms with Crippen molar-refractivity contribution in [2.24, 2.45) is 5.92 Å². The van der Waals surface area contributed by atoms with Crippen LogP contribution in [0, 0.1) is 5.92 Å². The van der Waals surface area contributed by atoms with Crippen LogP contribution in [0.3, 0.4) is 0 Å². The van der Waals surface area contributed by atoms with Gasteiger partial charge in [0.15, 0.2) is 0 Å². The molecule has 0 saturated carbocycles. The van der Waals surface area contributed by atoms with E-state index >= 15 is 0 Å². The summed E-state index contributed by atoms with van der Waals surface area (Å²) in [4.78, 5) is 0. The SMILES string of the molecule is O[C@H]1C[C@@H](C(F)F)Cc2occc21. The van der Waals surface area contributed by atoms with Gasteiger partial charge in [-0.3, -0.25) is 0 Å². The highest BCUT2D eigenvalue weighted by atomic mass is 19.3. The molecule has 2 atom stereocenters. The molecule has 0 amide bonds. The van der Waals surface area contributed by atoms with E-state index in [1.165, 1.54) is 6.26 Å². The summed E-state index contributed by atoms with van der Waals surface area (Å²) >= 11 is 0. The molecule has 1 aromatic rings. The van der Waals surface area contributed by atoms with E-state index in [1.807, 2.05) is 0 Å². The van der Waals surface area contributed by atoms with Gasteiger partial charge in [-0.15, -0.1) is 0 Å². The normalized spacial score (nSPS) is 27.7. The van der Waals surface area contributed by atoms with Gasteiger partial charge in [-0.05, 0) is 12.5 Å². The van der Waals surface area contributed by atoms with Crippen LogP contribution in [-0.4, -0.2) is 11.5 Å². The minimum absolute atomic E-state index is 0.129. The molecule has 0 aliphatic heterocycles. The predicted octanol–water partition coefficient (Wildman–Crippen LogP) is 2.14. The van der Waals surface area contributed by atoms with Crippen molar-refractivity contribution in [3.05, 3.63) is 23.7 Å². The highest BCUT2D eigenvalue weighted by Gasteiger charge is 2.32. The zero-order valence-corrected chi connectivity index (χ0v) is 6.91. The highest BCUT2D eigenvalue weighted by molar-refractivity contribution is 5.23. The summed E-state index contributed by atoms with van der Waals surface area (Å²) in [6.45, 7) is 0. The third-order valence-corrected chi connectivity index (χ3v) is 2.47. The summed E-state index contributed by atoms with van der Waals surface area (Å²) < 4.78 is 29.7. The van der Waals surface area contributed by atoms with Crippen molar-refractivity contribution in [1.29, 1.82) is 0 Å². The van der Waals surface area contributed by atoms with E-state index in [4.69, 9.17) is 4.42 Å². The summed E-state index contributed by atoms with van der Waals surface area (Å²) in [6, 6.07) is 1.64. The number of hydrogen-bond donors (Lipinski definition) is 1. The van der Waals surface area contributed by atoms with Crippen LogP contribution in [0.4, 0.5) is 8.78 Å². The Hall–Kier alpha value is -0.900. The molecule has 0 spiro atoms. The second kappa shape index (κ2) is 3.10. The summed E-state index contributed by atoms with van der Waals surface area (Å²) in [5.74, 6) is -0.266. The third kappa shape index (κ3) is 1.46. The summed E-state index contributed by atoms with van der Waals surface area (Å²) in [5, 5.41) is 9.48. The van der Waals surface area contributed by atoms with E-state index in [0.29, 0.717) is 11.3 Å². The number of rotatable bonds is 1. The maximum atomic E-state index is 12.3. The zero-order chi connectivity index (χ0) is 9.42. The van der Waals surface area contributed by atoms with Gasteiger partial charge >= 0.3 is 0 Å². The lowest BCUT2D eigenvalue weighted by Gasteiger charge is -2.24. The molecule has 13 heavy (non-hydrogen) atoms. The maximum Gasteiger partial charge on any atom is 0.241 e. The van der Waals surface area contributed by atoms with Crippen LogP contribution in [0.25, 0.3) is 0 Å². The molecular weight excluding hydrogens is 178 g/mol. The Labute approximate surface area is 74.2 Å². The molecule has 2 rings (SSSR count). The van der Waals surface area contributed by atoms with E-state index in [2.05, 4.69) is 0 Å². The Morgan fingerprint density at radius 2 is 2.31 bits per heavy atom. The van der Waals surface area contributed by atoms with Gasteiger partial charge in [0.1, 0.15) is 5.76 Å². The zero-order valence-electron chi connectivity index (χ0n) is 6.91. The van der Waals surface area contributed by atoms with E-state index in [0.717, 1.165) is 0 Å². The maximum absolute atomic E-state index is 12.3. The first-order valence-corrected chi connectivity index (χ1v) is 4.21. The van der Waals surface area contributed by atoms with Gasteiger partial charge in [0.25, 0.3) is 0 Å². The summed E-state index contributed by atoms with van der Waals surface area (Å²) in [7, 11) is 0. The van der Waals surface area contributed by atoms with Gasteiger partial charge in [-0.1, -0.05) is 0 Å². The molecule has 1 aliphatic carbocycles. The lowest BCUT2D eigenvalue weighted by atomic mass is 9.87. The first-order valence-electron chi connectivity index (χ1n) is 4.21. The van der Waals surface area contributed by atoms with Crippen LogP contribution < -0.4 is 0 Å². The standard InChI is InChI=1S/C9H10F2O2/c10-9(11)5-3-7(12)6-1-2-13-8(6)4-5/h1-2,5,7,9,12H,3-4H2/t5-,7+/m1/s1. The average Bonchev–Trinajstić information content (AvgIpc) is 2.51. The Kier molecular flexibility index (Phi) is 2.07. The molecule has 72 valence electrons. The van der Waals surface area contributed by atoms with Crippen LogP contribution >= 0.6 is 0 Å². The van der Waals surface area contributed by atoms with Crippen LogP contribution in [0.2, 0.25) is 0 Å². The molecule has 0 bridgehead atoms. The second-order valence-corrected chi connectivity index (χ2v) is 3.35. The van der Waals surface area contributed by atoms with E-state index in [1.54, 1.807) is 6.07 Å². The Balaban J connectivity index is 2.23. The second-order valence-electron chi connectivity index (χ2n) is 3.35. The number of hydrogen-bond acceptors (Lipinski definition) is 2. The Morgan fingerprint density at radius 1 is 1.54 bits per heavy atom. The van der Waals surface area contributed by atoms with Crippen LogP contribution in [0.5, 0.6) is 0 Å². The van der Waals surface area contributed by atoms with Gasteiger partial charge in [-0.25, -0.2) is 8.78 Å². The number of aliphatic hydroxyl groups excluding tert-OH is 1. The van der Waals surface area contributed by atoms with Gasteiger partial charge in [0, 0.05) is 17.9 Å². The van der Waals surface area contributed by atoms with Crippen molar-refractivity contribution in [2.45, 2.75) is 25.4 Å². The molecule has 0 saturated heterocycles.